The molecule has 3 aromatic rings. The minimum absolute atomic E-state index is 0.219. The SMILES string of the molecule is NN1C(=O)C(CCc2ccccn2)(c2ccccc2Cl)c2cc(Cl)ccc21. The topological polar surface area (TPSA) is 59.2 Å². The van der Waals surface area contributed by atoms with Crippen molar-refractivity contribution in [1.29, 1.82) is 0 Å². The van der Waals surface area contributed by atoms with Crippen LogP contribution in [-0.4, -0.2) is 10.9 Å². The number of nitrogens with zero attached hydrogens (tertiary/aromatic N) is 2. The number of aryl methyl sites for hydroxylation is 1. The zero-order valence-corrected chi connectivity index (χ0v) is 15.9. The molecule has 0 bridgehead atoms. The molecule has 0 radical (unpaired) electrons. The van der Waals surface area contributed by atoms with Gasteiger partial charge in [0.2, 0.25) is 0 Å². The molecule has 0 saturated heterocycles. The molecule has 0 saturated carbocycles. The molecule has 2 N–H and O–H groups in total. The molecule has 1 unspecified atom stereocenters. The van der Waals surface area contributed by atoms with Crippen molar-refractivity contribution < 1.29 is 4.79 Å². The van der Waals surface area contributed by atoms with Crippen LogP contribution in [0.5, 0.6) is 0 Å². The van der Waals surface area contributed by atoms with Gasteiger partial charge in [0, 0.05) is 21.9 Å². The van der Waals surface area contributed by atoms with Crippen LogP contribution in [0.25, 0.3) is 0 Å². The van der Waals surface area contributed by atoms with Crippen molar-refractivity contribution in [2.75, 3.05) is 5.01 Å². The summed E-state index contributed by atoms with van der Waals surface area (Å²) in [7, 11) is 0. The lowest BCUT2D eigenvalue weighted by atomic mass is 9.72. The minimum Gasteiger partial charge on any atom is -0.272 e. The van der Waals surface area contributed by atoms with Gasteiger partial charge >= 0.3 is 0 Å². The quantitative estimate of drug-likeness (QED) is 0.519. The van der Waals surface area contributed by atoms with E-state index in [-0.39, 0.29) is 5.91 Å². The van der Waals surface area contributed by atoms with E-state index >= 15 is 0 Å². The van der Waals surface area contributed by atoms with Crippen LogP contribution in [0.2, 0.25) is 10.0 Å². The van der Waals surface area contributed by atoms with Gasteiger partial charge in [0.15, 0.2) is 0 Å². The van der Waals surface area contributed by atoms with E-state index in [0.29, 0.717) is 28.6 Å². The summed E-state index contributed by atoms with van der Waals surface area (Å²) in [4.78, 5) is 17.8. The zero-order chi connectivity index (χ0) is 19.0. The van der Waals surface area contributed by atoms with Crippen LogP contribution >= 0.6 is 23.2 Å². The van der Waals surface area contributed by atoms with Crippen molar-refractivity contribution in [3.05, 3.63) is 93.7 Å². The highest BCUT2D eigenvalue weighted by Gasteiger charge is 2.52. The third-order valence-corrected chi connectivity index (χ3v) is 5.64. The Morgan fingerprint density at radius 3 is 2.52 bits per heavy atom. The Bertz CT molecular complexity index is 1010. The number of pyridine rings is 1. The molecule has 6 heteroatoms. The number of hydrogen-bond acceptors (Lipinski definition) is 3. The number of hydrogen-bond donors (Lipinski definition) is 1. The molecule has 4 rings (SSSR count). The van der Waals surface area contributed by atoms with E-state index in [1.54, 1.807) is 24.4 Å². The fourth-order valence-electron chi connectivity index (χ4n) is 3.80. The molecular formula is C21H17Cl2N3O. The van der Waals surface area contributed by atoms with Gasteiger partial charge in [-0.2, -0.15) is 0 Å². The second-order valence-corrected chi connectivity index (χ2v) is 7.39. The summed E-state index contributed by atoms with van der Waals surface area (Å²) in [6, 6.07) is 18.4. The second-order valence-electron chi connectivity index (χ2n) is 6.54. The summed E-state index contributed by atoms with van der Waals surface area (Å²) >= 11 is 12.8. The molecule has 27 heavy (non-hydrogen) atoms. The number of fused-ring (bicyclic) bond motifs is 1. The van der Waals surface area contributed by atoms with Gasteiger partial charge in [-0.1, -0.05) is 47.5 Å². The third-order valence-electron chi connectivity index (χ3n) is 5.08. The molecule has 2 aromatic carbocycles. The maximum absolute atomic E-state index is 13.4. The molecule has 0 aliphatic carbocycles. The van der Waals surface area contributed by atoms with Crippen molar-refractivity contribution >= 4 is 34.8 Å². The van der Waals surface area contributed by atoms with Gasteiger partial charge in [0.1, 0.15) is 5.41 Å². The van der Waals surface area contributed by atoms with Gasteiger partial charge in [-0.25, -0.2) is 10.9 Å². The third kappa shape index (κ3) is 2.90. The van der Waals surface area contributed by atoms with Crippen molar-refractivity contribution in [2.45, 2.75) is 18.3 Å². The van der Waals surface area contributed by atoms with E-state index in [2.05, 4.69) is 4.98 Å². The summed E-state index contributed by atoms with van der Waals surface area (Å²) in [5.41, 5.74) is 2.03. The summed E-state index contributed by atoms with van der Waals surface area (Å²) in [5, 5.41) is 2.27. The molecule has 0 spiro atoms. The molecular weight excluding hydrogens is 381 g/mol. The zero-order valence-electron chi connectivity index (χ0n) is 14.4. The van der Waals surface area contributed by atoms with Crippen molar-refractivity contribution in [2.24, 2.45) is 5.84 Å². The number of amides is 1. The summed E-state index contributed by atoms with van der Waals surface area (Å²) in [6.45, 7) is 0. The molecule has 1 amide bonds. The lowest BCUT2D eigenvalue weighted by Crippen LogP contribution is -2.45. The molecule has 136 valence electrons. The highest BCUT2D eigenvalue weighted by atomic mass is 35.5. The number of carbonyl (C=O) groups is 1. The van der Waals surface area contributed by atoms with E-state index in [4.69, 9.17) is 29.0 Å². The molecule has 4 nitrogen and oxygen atoms in total. The lowest BCUT2D eigenvalue weighted by Gasteiger charge is -2.29. The number of halogens is 2. The first-order valence-corrected chi connectivity index (χ1v) is 9.34. The predicted molar refractivity (Wildman–Crippen MR) is 108 cm³/mol. The highest BCUT2D eigenvalue weighted by Crippen LogP contribution is 2.50. The van der Waals surface area contributed by atoms with Gasteiger partial charge in [-0.05, 0) is 60.4 Å². The van der Waals surface area contributed by atoms with Gasteiger partial charge in [0.05, 0.1) is 5.69 Å². The molecule has 1 aromatic heterocycles. The maximum Gasteiger partial charge on any atom is 0.256 e. The summed E-state index contributed by atoms with van der Waals surface area (Å²) in [5.74, 6) is 5.94. The number of anilines is 1. The Balaban J connectivity index is 1.91. The van der Waals surface area contributed by atoms with Crippen LogP contribution in [0.1, 0.15) is 23.2 Å². The van der Waals surface area contributed by atoms with E-state index in [9.17, 15) is 4.79 Å². The van der Waals surface area contributed by atoms with Crippen LogP contribution in [0.3, 0.4) is 0 Å². The van der Waals surface area contributed by atoms with E-state index in [1.807, 2.05) is 42.5 Å². The number of carbonyl (C=O) groups excluding carboxylic acids is 1. The smallest absolute Gasteiger partial charge is 0.256 e. The normalized spacial score (nSPS) is 18.6. The number of benzene rings is 2. The van der Waals surface area contributed by atoms with Crippen molar-refractivity contribution in [1.82, 2.24) is 4.98 Å². The van der Waals surface area contributed by atoms with Gasteiger partial charge in [0.25, 0.3) is 5.91 Å². The first-order chi connectivity index (χ1) is 13.0. The number of hydrazine groups is 1. The lowest BCUT2D eigenvalue weighted by molar-refractivity contribution is -0.122. The van der Waals surface area contributed by atoms with Gasteiger partial charge < -0.3 is 0 Å². The second kappa shape index (κ2) is 6.97. The van der Waals surface area contributed by atoms with Crippen LogP contribution in [0, 0.1) is 0 Å². The first-order valence-electron chi connectivity index (χ1n) is 8.58. The largest absolute Gasteiger partial charge is 0.272 e. The maximum atomic E-state index is 13.4. The average Bonchev–Trinajstić information content (AvgIpc) is 2.89. The molecule has 2 heterocycles. The summed E-state index contributed by atoms with van der Waals surface area (Å²) < 4.78 is 0. The fourth-order valence-corrected chi connectivity index (χ4v) is 4.26. The number of rotatable bonds is 4. The molecule has 0 fully saturated rings. The van der Waals surface area contributed by atoms with E-state index in [0.717, 1.165) is 16.8 Å². The van der Waals surface area contributed by atoms with Crippen LogP contribution in [0.4, 0.5) is 5.69 Å². The Morgan fingerprint density at radius 2 is 1.78 bits per heavy atom. The first kappa shape index (κ1) is 18.0. The Labute approximate surface area is 167 Å². The van der Waals surface area contributed by atoms with Gasteiger partial charge in [-0.3, -0.25) is 9.78 Å². The van der Waals surface area contributed by atoms with Crippen LogP contribution < -0.4 is 10.9 Å². The Kier molecular flexibility index (Phi) is 4.64. The average molecular weight is 398 g/mol. The Morgan fingerprint density at radius 1 is 1.00 bits per heavy atom. The predicted octanol–water partition coefficient (Wildman–Crippen LogP) is 4.53. The fraction of sp³-hybridized carbons (Fsp3) is 0.143. The summed E-state index contributed by atoms with van der Waals surface area (Å²) in [6.07, 6.45) is 2.82. The molecule has 1 atom stereocenters. The molecule has 1 aliphatic heterocycles. The van der Waals surface area contributed by atoms with Gasteiger partial charge in [-0.15, -0.1) is 0 Å². The van der Waals surface area contributed by atoms with Crippen LogP contribution in [-0.2, 0) is 16.6 Å². The monoisotopic (exact) mass is 397 g/mol. The van der Waals surface area contributed by atoms with Crippen molar-refractivity contribution in [3.63, 3.8) is 0 Å². The standard InChI is InChI=1S/C21H17Cl2N3O/c22-14-8-9-19-17(13-14)21(20(27)26(19)24,16-6-1-2-7-18(16)23)11-10-15-5-3-4-12-25-15/h1-9,12-13H,10-11,24H2. The number of nitrogens with two attached hydrogens (primary N) is 1. The Hall–Kier alpha value is -2.40. The number of aromatic nitrogens is 1. The molecule has 1 aliphatic rings. The van der Waals surface area contributed by atoms with Crippen LogP contribution in [0.15, 0.2) is 66.9 Å². The van der Waals surface area contributed by atoms with Crippen molar-refractivity contribution in [3.8, 4) is 0 Å². The van der Waals surface area contributed by atoms with E-state index < -0.39 is 5.41 Å². The highest BCUT2D eigenvalue weighted by molar-refractivity contribution is 6.32. The van der Waals surface area contributed by atoms with E-state index in [1.165, 1.54) is 5.01 Å². The minimum atomic E-state index is -1.01.